The van der Waals surface area contributed by atoms with E-state index in [0.29, 0.717) is 17.8 Å². The van der Waals surface area contributed by atoms with Crippen molar-refractivity contribution in [2.24, 2.45) is 17.8 Å². The number of hydrogen-bond acceptors (Lipinski definition) is 5. The van der Waals surface area contributed by atoms with Gasteiger partial charge in [-0.2, -0.15) is 0 Å². The predicted molar refractivity (Wildman–Crippen MR) is 109 cm³/mol. The zero-order valence-electron chi connectivity index (χ0n) is 15.5. The minimum Gasteiger partial charge on any atom is -0.392 e. The quantitative estimate of drug-likeness (QED) is 0.673. The van der Waals surface area contributed by atoms with E-state index in [9.17, 15) is 10.2 Å². The highest BCUT2D eigenvalue weighted by Crippen LogP contribution is 2.39. The topological polar surface area (TPSA) is 49.7 Å². The summed E-state index contributed by atoms with van der Waals surface area (Å²) >= 11 is 3.89. The molecule has 0 amide bonds. The Morgan fingerprint density at radius 1 is 1.04 bits per heavy atom. The molecule has 2 N–H and O–H groups in total. The van der Waals surface area contributed by atoms with Gasteiger partial charge in [0.05, 0.1) is 30.0 Å². The third-order valence-electron chi connectivity index (χ3n) is 4.97. The van der Waals surface area contributed by atoms with Crippen LogP contribution in [0, 0.1) is 17.8 Å². The average Bonchev–Trinajstić information content (AvgIpc) is 2.67. The Kier molecular flexibility index (Phi) is 9.14. The third kappa shape index (κ3) is 6.47. The molecule has 2 rings (SSSR count). The van der Waals surface area contributed by atoms with E-state index in [0.717, 1.165) is 5.56 Å². The molecule has 1 fully saturated rings. The maximum atomic E-state index is 10.7. The van der Waals surface area contributed by atoms with Crippen molar-refractivity contribution in [1.82, 2.24) is 0 Å². The Bertz CT molecular complexity index is 479. The highest BCUT2D eigenvalue weighted by atomic mass is 32.2. The summed E-state index contributed by atoms with van der Waals surface area (Å²) in [5.41, 5.74) is 1.14. The largest absolute Gasteiger partial charge is 0.392 e. The van der Waals surface area contributed by atoms with Gasteiger partial charge < -0.3 is 14.9 Å². The van der Waals surface area contributed by atoms with Crippen LogP contribution < -0.4 is 0 Å². The molecule has 1 aliphatic heterocycles. The summed E-state index contributed by atoms with van der Waals surface area (Å²) in [7, 11) is 0. The van der Waals surface area contributed by atoms with Crippen LogP contribution in [0.2, 0.25) is 0 Å². The lowest BCUT2D eigenvalue weighted by Crippen LogP contribution is -2.41. The first-order valence-electron chi connectivity index (χ1n) is 9.21. The minimum absolute atomic E-state index is 0.00720. The van der Waals surface area contributed by atoms with Crippen LogP contribution in [0.15, 0.2) is 30.3 Å². The van der Waals surface area contributed by atoms with Gasteiger partial charge in [-0.3, -0.25) is 0 Å². The first-order valence-corrected chi connectivity index (χ1v) is 11.3. The molecule has 25 heavy (non-hydrogen) atoms. The van der Waals surface area contributed by atoms with Crippen LogP contribution in [-0.2, 0) is 11.3 Å². The van der Waals surface area contributed by atoms with Crippen molar-refractivity contribution in [3.8, 4) is 0 Å². The Balaban J connectivity index is 1.77. The molecule has 1 saturated heterocycles. The van der Waals surface area contributed by atoms with Gasteiger partial charge in [-0.15, -0.1) is 23.5 Å². The number of hydrogen-bond donors (Lipinski definition) is 2. The lowest BCUT2D eigenvalue weighted by Gasteiger charge is -2.35. The van der Waals surface area contributed by atoms with Crippen molar-refractivity contribution in [2.45, 2.75) is 50.6 Å². The molecule has 0 bridgehead atoms. The fraction of sp³-hybridized carbons (Fsp3) is 0.700. The van der Waals surface area contributed by atoms with Crippen LogP contribution in [0.5, 0.6) is 0 Å². The fourth-order valence-corrected chi connectivity index (χ4v) is 6.37. The molecule has 142 valence electrons. The number of benzene rings is 1. The minimum atomic E-state index is -0.563. The molecule has 5 unspecified atom stereocenters. The van der Waals surface area contributed by atoms with Gasteiger partial charge in [0.2, 0.25) is 0 Å². The summed E-state index contributed by atoms with van der Waals surface area (Å²) in [5.74, 6) is 2.36. The van der Waals surface area contributed by atoms with Gasteiger partial charge in [0.25, 0.3) is 0 Å². The summed E-state index contributed by atoms with van der Waals surface area (Å²) in [6.07, 6.45) is 0.198. The number of thioether (sulfide) groups is 2. The SMILES string of the molecule is CC(COCc1ccccc1)C(O)C(C)C(O)C(C)C1SCCCS1. The van der Waals surface area contributed by atoms with Crippen LogP contribution in [0.25, 0.3) is 0 Å². The Labute approximate surface area is 160 Å². The third-order valence-corrected chi connectivity index (χ3v) is 8.35. The highest BCUT2D eigenvalue weighted by Gasteiger charge is 2.34. The first kappa shape index (κ1) is 21.1. The van der Waals surface area contributed by atoms with Crippen LogP contribution in [0.1, 0.15) is 32.8 Å². The van der Waals surface area contributed by atoms with Crippen molar-refractivity contribution in [2.75, 3.05) is 18.1 Å². The fourth-order valence-electron chi connectivity index (χ4n) is 3.21. The van der Waals surface area contributed by atoms with Gasteiger partial charge in [-0.1, -0.05) is 51.1 Å². The first-order chi connectivity index (χ1) is 12.0. The van der Waals surface area contributed by atoms with E-state index in [-0.39, 0.29) is 17.8 Å². The number of ether oxygens (including phenoxy) is 1. The maximum Gasteiger partial charge on any atom is 0.0717 e. The summed E-state index contributed by atoms with van der Waals surface area (Å²) < 4.78 is 6.19. The zero-order valence-corrected chi connectivity index (χ0v) is 17.1. The van der Waals surface area contributed by atoms with E-state index in [4.69, 9.17) is 4.74 Å². The monoisotopic (exact) mass is 384 g/mol. The second kappa shape index (κ2) is 10.8. The van der Waals surface area contributed by atoms with Gasteiger partial charge in [0.1, 0.15) is 0 Å². The molecule has 3 nitrogen and oxygen atoms in total. The molecule has 1 heterocycles. The van der Waals surface area contributed by atoms with Gasteiger partial charge in [0.15, 0.2) is 0 Å². The highest BCUT2D eigenvalue weighted by molar-refractivity contribution is 8.17. The van der Waals surface area contributed by atoms with E-state index in [1.54, 1.807) is 0 Å². The summed E-state index contributed by atoms with van der Waals surface area (Å²) in [5, 5.41) is 21.4. The van der Waals surface area contributed by atoms with Crippen molar-refractivity contribution >= 4 is 23.5 Å². The number of rotatable bonds is 9. The Hall–Kier alpha value is -0.200. The lowest BCUT2D eigenvalue weighted by atomic mass is 9.85. The number of aliphatic hydroxyl groups excluding tert-OH is 2. The molecule has 1 aromatic carbocycles. The van der Waals surface area contributed by atoms with E-state index in [1.165, 1.54) is 17.9 Å². The summed E-state index contributed by atoms with van der Waals surface area (Å²) in [6, 6.07) is 10.1. The smallest absolute Gasteiger partial charge is 0.0717 e. The molecule has 0 aromatic heterocycles. The molecular formula is C20H32O3S2. The molecule has 1 aliphatic rings. The molecular weight excluding hydrogens is 352 g/mol. The maximum absolute atomic E-state index is 10.7. The van der Waals surface area contributed by atoms with E-state index in [2.05, 4.69) is 6.92 Å². The zero-order chi connectivity index (χ0) is 18.2. The van der Waals surface area contributed by atoms with Crippen LogP contribution in [0.3, 0.4) is 0 Å². The molecule has 0 spiro atoms. The van der Waals surface area contributed by atoms with Crippen molar-refractivity contribution in [1.29, 1.82) is 0 Å². The van der Waals surface area contributed by atoms with Crippen molar-refractivity contribution < 1.29 is 14.9 Å². The Morgan fingerprint density at radius 2 is 1.68 bits per heavy atom. The van der Waals surface area contributed by atoms with Gasteiger partial charge >= 0.3 is 0 Å². The normalized spacial score (nSPS) is 22.1. The van der Waals surface area contributed by atoms with Gasteiger partial charge in [-0.05, 0) is 23.5 Å². The van der Waals surface area contributed by atoms with Gasteiger partial charge in [0, 0.05) is 17.8 Å². The van der Waals surface area contributed by atoms with Crippen LogP contribution >= 0.6 is 23.5 Å². The summed E-state index contributed by atoms with van der Waals surface area (Å²) in [6.45, 7) is 7.11. The molecule has 1 aromatic rings. The number of aliphatic hydroxyl groups is 2. The second-order valence-corrected chi connectivity index (χ2v) is 9.94. The van der Waals surface area contributed by atoms with Gasteiger partial charge in [-0.25, -0.2) is 0 Å². The van der Waals surface area contributed by atoms with E-state index >= 15 is 0 Å². The predicted octanol–water partition coefficient (Wildman–Crippen LogP) is 4.03. The standard InChI is InChI=1S/C20H32O3S2/c1-14(12-23-13-17-8-5-4-6-9-17)18(21)15(2)19(22)16(3)20-24-10-7-11-25-20/h4-6,8-9,14-16,18-22H,7,10-13H2,1-3H3. The van der Waals surface area contributed by atoms with E-state index in [1.807, 2.05) is 67.7 Å². The Morgan fingerprint density at radius 3 is 2.32 bits per heavy atom. The van der Waals surface area contributed by atoms with Crippen LogP contribution in [0.4, 0.5) is 0 Å². The van der Waals surface area contributed by atoms with Crippen molar-refractivity contribution in [3.05, 3.63) is 35.9 Å². The lowest BCUT2D eigenvalue weighted by molar-refractivity contribution is -0.0470. The van der Waals surface area contributed by atoms with Crippen LogP contribution in [-0.4, -0.2) is 45.1 Å². The van der Waals surface area contributed by atoms with E-state index < -0.39 is 12.2 Å². The van der Waals surface area contributed by atoms with Crippen molar-refractivity contribution in [3.63, 3.8) is 0 Å². The molecule has 5 atom stereocenters. The molecule has 0 aliphatic carbocycles. The molecule has 0 saturated carbocycles. The molecule has 5 heteroatoms. The summed E-state index contributed by atoms with van der Waals surface area (Å²) in [4.78, 5) is 0. The second-order valence-electron chi connectivity index (χ2n) is 7.14. The average molecular weight is 385 g/mol. The molecule has 0 radical (unpaired) electrons.